The second-order valence-electron chi connectivity index (χ2n) is 5.26. The van der Waals surface area contributed by atoms with E-state index in [4.69, 9.17) is 4.74 Å². The predicted octanol–water partition coefficient (Wildman–Crippen LogP) is 2.90. The number of benzene rings is 2. The fraction of sp³-hybridized carbons (Fsp3) is 0.235. The van der Waals surface area contributed by atoms with Crippen LogP contribution in [0.1, 0.15) is 21.5 Å². The van der Waals surface area contributed by atoms with Gasteiger partial charge in [0.25, 0.3) is 10.0 Å². The lowest BCUT2D eigenvalue weighted by Crippen LogP contribution is -2.15. The largest absolute Gasteiger partial charge is 0.496 e. The van der Waals surface area contributed by atoms with E-state index in [2.05, 4.69) is 9.46 Å². The van der Waals surface area contributed by atoms with Crippen molar-refractivity contribution in [2.75, 3.05) is 18.9 Å². The molecule has 0 bridgehead atoms. The van der Waals surface area contributed by atoms with E-state index in [0.717, 1.165) is 5.56 Å². The first kappa shape index (κ1) is 17.8. The predicted molar refractivity (Wildman–Crippen MR) is 91.1 cm³/mol. The van der Waals surface area contributed by atoms with Crippen LogP contribution in [0.25, 0.3) is 0 Å². The first-order valence-corrected chi connectivity index (χ1v) is 8.63. The van der Waals surface area contributed by atoms with Crippen molar-refractivity contribution in [3.8, 4) is 5.75 Å². The van der Waals surface area contributed by atoms with Crippen molar-refractivity contribution in [2.24, 2.45) is 0 Å². The molecule has 2 aromatic carbocycles. The van der Waals surface area contributed by atoms with Crippen molar-refractivity contribution in [1.82, 2.24) is 0 Å². The van der Waals surface area contributed by atoms with Crippen LogP contribution in [-0.2, 0) is 14.8 Å². The zero-order valence-corrected chi connectivity index (χ0v) is 14.7. The van der Waals surface area contributed by atoms with Gasteiger partial charge in [-0.3, -0.25) is 4.72 Å². The Kier molecular flexibility index (Phi) is 5.14. The van der Waals surface area contributed by atoms with Crippen LogP contribution in [0.4, 0.5) is 5.69 Å². The summed E-state index contributed by atoms with van der Waals surface area (Å²) in [5.41, 5.74) is 2.01. The van der Waals surface area contributed by atoms with Crippen molar-refractivity contribution in [3.63, 3.8) is 0 Å². The molecule has 0 aliphatic rings. The minimum Gasteiger partial charge on any atom is -0.496 e. The van der Waals surface area contributed by atoms with Gasteiger partial charge in [0.2, 0.25) is 0 Å². The highest BCUT2D eigenvalue weighted by Gasteiger charge is 2.19. The average Bonchev–Trinajstić information content (AvgIpc) is 2.56. The molecule has 0 amide bonds. The standard InChI is InChI=1S/C17H19NO5S/c1-11-10-16(12(2)9-15(11)22-3)24(20,21)18-14-7-5-13(6-8-14)17(19)23-4/h5-10,18H,1-4H3. The molecule has 24 heavy (non-hydrogen) atoms. The molecule has 0 saturated carbocycles. The zero-order valence-electron chi connectivity index (χ0n) is 13.9. The number of carbonyl (C=O) groups excluding carboxylic acids is 1. The number of hydrogen-bond acceptors (Lipinski definition) is 5. The highest BCUT2D eigenvalue weighted by atomic mass is 32.2. The number of esters is 1. The summed E-state index contributed by atoms with van der Waals surface area (Å²) in [6.07, 6.45) is 0. The Bertz CT molecular complexity index is 857. The van der Waals surface area contributed by atoms with Crippen molar-refractivity contribution in [2.45, 2.75) is 18.7 Å². The molecule has 0 saturated heterocycles. The molecule has 2 rings (SSSR count). The summed E-state index contributed by atoms with van der Waals surface area (Å²) in [5.74, 6) is 0.153. The third kappa shape index (κ3) is 3.68. The van der Waals surface area contributed by atoms with E-state index in [0.29, 0.717) is 22.6 Å². The zero-order chi connectivity index (χ0) is 17.9. The average molecular weight is 349 g/mol. The number of carbonyl (C=O) groups is 1. The maximum absolute atomic E-state index is 12.6. The molecule has 0 aliphatic carbocycles. The van der Waals surface area contributed by atoms with Crippen LogP contribution in [0, 0.1) is 13.8 Å². The molecule has 0 aliphatic heterocycles. The molecular weight excluding hydrogens is 330 g/mol. The van der Waals surface area contributed by atoms with Crippen LogP contribution >= 0.6 is 0 Å². The van der Waals surface area contributed by atoms with E-state index in [1.807, 2.05) is 0 Å². The molecule has 0 heterocycles. The lowest BCUT2D eigenvalue weighted by molar-refractivity contribution is 0.0601. The van der Waals surface area contributed by atoms with E-state index in [-0.39, 0.29) is 4.90 Å². The minimum absolute atomic E-state index is 0.179. The highest BCUT2D eigenvalue weighted by Crippen LogP contribution is 2.27. The summed E-state index contributed by atoms with van der Waals surface area (Å²) >= 11 is 0. The fourth-order valence-electron chi connectivity index (χ4n) is 2.27. The summed E-state index contributed by atoms with van der Waals surface area (Å²) in [6, 6.07) is 9.26. The van der Waals surface area contributed by atoms with Crippen molar-refractivity contribution in [1.29, 1.82) is 0 Å². The SMILES string of the molecule is COC(=O)c1ccc(NS(=O)(=O)c2cc(C)c(OC)cc2C)cc1. The molecule has 0 aromatic heterocycles. The van der Waals surface area contributed by atoms with Gasteiger partial charge < -0.3 is 9.47 Å². The normalized spacial score (nSPS) is 11.0. The second kappa shape index (κ2) is 6.92. The fourth-order valence-corrected chi connectivity index (χ4v) is 3.65. The first-order valence-electron chi connectivity index (χ1n) is 7.15. The third-order valence-electron chi connectivity index (χ3n) is 3.54. The van der Waals surface area contributed by atoms with E-state index in [1.165, 1.54) is 38.5 Å². The Morgan fingerprint density at radius 2 is 1.62 bits per heavy atom. The van der Waals surface area contributed by atoms with E-state index in [1.54, 1.807) is 26.0 Å². The lowest BCUT2D eigenvalue weighted by atomic mass is 10.1. The summed E-state index contributed by atoms with van der Waals surface area (Å²) in [7, 11) is -0.928. The van der Waals surface area contributed by atoms with Gasteiger partial charge in [-0.1, -0.05) is 0 Å². The Morgan fingerprint density at radius 3 is 2.17 bits per heavy atom. The topological polar surface area (TPSA) is 81.7 Å². The molecular formula is C17H19NO5S. The number of sulfonamides is 1. The van der Waals surface area contributed by atoms with Gasteiger partial charge in [0.05, 0.1) is 24.7 Å². The number of nitrogens with one attached hydrogen (secondary N) is 1. The minimum atomic E-state index is -3.75. The van der Waals surface area contributed by atoms with Gasteiger partial charge in [-0.2, -0.15) is 0 Å². The maximum atomic E-state index is 12.6. The van der Waals surface area contributed by atoms with Crippen LogP contribution < -0.4 is 9.46 Å². The molecule has 0 unspecified atom stereocenters. The highest BCUT2D eigenvalue weighted by molar-refractivity contribution is 7.92. The Morgan fingerprint density at radius 1 is 1.00 bits per heavy atom. The van der Waals surface area contributed by atoms with Crippen molar-refractivity contribution >= 4 is 21.7 Å². The van der Waals surface area contributed by atoms with Crippen LogP contribution in [0.3, 0.4) is 0 Å². The van der Waals surface area contributed by atoms with Gasteiger partial charge in [-0.15, -0.1) is 0 Å². The smallest absolute Gasteiger partial charge is 0.337 e. The Balaban J connectivity index is 2.32. The van der Waals surface area contributed by atoms with Crippen LogP contribution in [0.5, 0.6) is 5.75 Å². The number of anilines is 1. The van der Waals surface area contributed by atoms with Crippen LogP contribution in [-0.4, -0.2) is 28.6 Å². The monoisotopic (exact) mass is 349 g/mol. The molecule has 128 valence electrons. The molecule has 0 spiro atoms. The van der Waals surface area contributed by atoms with Crippen molar-refractivity contribution < 1.29 is 22.7 Å². The molecule has 0 radical (unpaired) electrons. The number of aryl methyl sites for hydroxylation is 2. The van der Waals surface area contributed by atoms with Crippen molar-refractivity contribution in [3.05, 3.63) is 53.1 Å². The summed E-state index contributed by atoms with van der Waals surface area (Å²) in [5, 5.41) is 0. The van der Waals surface area contributed by atoms with Gasteiger partial charge in [-0.05, 0) is 61.4 Å². The van der Waals surface area contributed by atoms with Crippen LogP contribution in [0.2, 0.25) is 0 Å². The summed E-state index contributed by atoms with van der Waals surface area (Å²) in [4.78, 5) is 11.6. The molecule has 0 fully saturated rings. The molecule has 7 heteroatoms. The van der Waals surface area contributed by atoms with Gasteiger partial charge in [0.15, 0.2) is 0 Å². The first-order chi connectivity index (χ1) is 11.3. The van der Waals surface area contributed by atoms with E-state index < -0.39 is 16.0 Å². The summed E-state index contributed by atoms with van der Waals surface area (Å²) in [6.45, 7) is 3.49. The van der Waals surface area contributed by atoms with Crippen LogP contribution in [0.15, 0.2) is 41.3 Å². The number of hydrogen-bond donors (Lipinski definition) is 1. The third-order valence-corrected chi connectivity index (χ3v) is 5.06. The second-order valence-corrected chi connectivity index (χ2v) is 6.91. The molecule has 2 aromatic rings. The number of ether oxygens (including phenoxy) is 2. The quantitative estimate of drug-likeness (QED) is 0.840. The molecule has 0 atom stereocenters. The number of rotatable bonds is 5. The van der Waals surface area contributed by atoms with E-state index >= 15 is 0 Å². The van der Waals surface area contributed by atoms with Gasteiger partial charge in [0, 0.05) is 5.69 Å². The van der Waals surface area contributed by atoms with Gasteiger partial charge >= 0.3 is 5.97 Å². The lowest BCUT2D eigenvalue weighted by Gasteiger charge is -2.13. The molecule has 1 N–H and O–H groups in total. The van der Waals surface area contributed by atoms with Gasteiger partial charge in [0.1, 0.15) is 5.75 Å². The van der Waals surface area contributed by atoms with Gasteiger partial charge in [-0.25, -0.2) is 13.2 Å². The molecule has 6 nitrogen and oxygen atoms in total. The number of methoxy groups -OCH3 is 2. The Labute approximate surface area is 141 Å². The maximum Gasteiger partial charge on any atom is 0.337 e. The van der Waals surface area contributed by atoms with E-state index in [9.17, 15) is 13.2 Å². The summed E-state index contributed by atoms with van der Waals surface area (Å²) < 4.78 is 37.5. The Hall–Kier alpha value is -2.54.